The van der Waals surface area contributed by atoms with Crippen LogP contribution in [0.5, 0.6) is 0 Å². The van der Waals surface area contributed by atoms with E-state index in [0.29, 0.717) is 6.04 Å². The molecule has 18 heavy (non-hydrogen) atoms. The van der Waals surface area contributed by atoms with Crippen molar-refractivity contribution < 1.29 is 0 Å². The monoisotopic (exact) mass is 247 g/mol. The Bertz CT molecular complexity index is 401. The molecule has 1 aliphatic rings. The van der Waals surface area contributed by atoms with Crippen LogP contribution >= 0.6 is 0 Å². The molecule has 1 heterocycles. The fourth-order valence-electron chi connectivity index (χ4n) is 2.77. The van der Waals surface area contributed by atoms with Gasteiger partial charge in [0.05, 0.1) is 0 Å². The van der Waals surface area contributed by atoms with Crippen LogP contribution in [0.2, 0.25) is 0 Å². The van der Waals surface area contributed by atoms with Gasteiger partial charge in [-0.05, 0) is 39.6 Å². The highest BCUT2D eigenvalue weighted by Gasteiger charge is 2.20. The zero-order valence-electron chi connectivity index (χ0n) is 12.0. The predicted octanol–water partition coefficient (Wildman–Crippen LogP) is 1.64. The third kappa shape index (κ3) is 3.24. The Kier molecular flexibility index (Phi) is 4.25. The number of aryl methyl sites for hydroxylation is 2. The van der Waals surface area contributed by atoms with Crippen LogP contribution in [0.15, 0.2) is 18.2 Å². The molecule has 1 aromatic rings. The first-order valence-electron chi connectivity index (χ1n) is 6.76. The van der Waals surface area contributed by atoms with Crippen LogP contribution < -0.4 is 10.2 Å². The molecule has 1 N–H and O–H groups in total. The van der Waals surface area contributed by atoms with Crippen LogP contribution in [0, 0.1) is 13.8 Å². The van der Waals surface area contributed by atoms with E-state index in [0.717, 1.165) is 26.2 Å². The smallest absolute Gasteiger partial charge is 0.0397 e. The van der Waals surface area contributed by atoms with Gasteiger partial charge in [0, 0.05) is 37.9 Å². The molecule has 1 unspecified atom stereocenters. The zero-order chi connectivity index (χ0) is 13.1. The molecule has 0 spiro atoms. The summed E-state index contributed by atoms with van der Waals surface area (Å²) in [7, 11) is 4.27. The summed E-state index contributed by atoms with van der Waals surface area (Å²) >= 11 is 0. The molecule has 100 valence electrons. The van der Waals surface area contributed by atoms with Crippen molar-refractivity contribution in [1.29, 1.82) is 0 Å². The van der Waals surface area contributed by atoms with E-state index in [2.05, 4.69) is 61.3 Å². The molecule has 3 heteroatoms. The molecular weight excluding hydrogens is 222 g/mol. The number of anilines is 1. The van der Waals surface area contributed by atoms with E-state index in [4.69, 9.17) is 0 Å². The van der Waals surface area contributed by atoms with Gasteiger partial charge in [0.15, 0.2) is 0 Å². The summed E-state index contributed by atoms with van der Waals surface area (Å²) in [5, 5.41) is 3.60. The van der Waals surface area contributed by atoms with E-state index < -0.39 is 0 Å². The molecule has 0 amide bonds. The van der Waals surface area contributed by atoms with E-state index in [9.17, 15) is 0 Å². The van der Waals surface area contributed by atoms with E-state index in [-0.39, 0.29) is 0 Å². The van der Waals surface area contributed by atoms with Gasteiger partial charge < -0.3 is 15.1 Å². The van der Waals surface area contributed by atoms with Crippen LogP contribution in [0.1, 0.15) is 11.1 Å². The van der Waals surface area contributed by atoms with Gasteiger partial charge in [-0.15, -0.1) is 0 Å². The van der Waals surface area contributed by atoms with E-state index in [1.54, 1.807) is 0 Å². The average molecular weight is 247 g/mol. The minimum absolute atomic E-state index is 0.564. The maximum absolute atomic E-state index is 3.60. The van der Waals surface area contributed by atoms with Crippen LogP contribution in [0.25, 0.3) is 0 Å². The number of nitrogens with one attached hydrogen (secondary N) is 1. The molecule has 1 aromatic carbocycles. The summed E-state index contributed by atoms with van der Waals surface area (Å²) in [6.07, 6.45) is 0. The highest BCUT2D eigenvalue weighted by Crippen LogP contribution is 2.22. The Balaban J connectivity index is 2.08. The van der Waals surface area contributed by atoms with Crippen molar-refractivity contribution in [2.45, 2.75) is 19.9 Å². The zero-order valence-corrected chi connectivity index (χ0v) is 12.0. The van der Waals surface area contributed by atoms with Gasteiger partial charge in [-0.1, -0.05) is 17.7 Å². The third-order valence-corrected chi connectivity index (χ3v) is 3.53. The number of piperazine rings is 1. The van der Waals surface area contributed by atoms with Crippen LogP contribution in [-0.2, 0) is 0 Å². The summed E-state index contributed by atoms with van der Waals surface area (Å²) in [4.78, 5) is 4.77. The molecule has 0 saturated carbocycles. The number of rotatable bonds is 3. The van der Waals surface area contributed by atoms with Crippen LogP contribution in [0.4, 0.5) is 5.69 Å². The standard InChI is InChI=1S/C15H25N3/c1-12-5-6-15(13(2)9-12)18-8-7-16-14(11-18)10-17(3)4/h5-6,9,14,16H,7-8,10-11H2,1-4H3. The topological polar surface area (TPSA) is 18.5 Å². The average Bonchev–Trinajstić information content (AvgIpc) is 2.28. The molecule has 0 aromatic heterocycles. The minimum atomic E-state index is 0.564. The normalized spacial score (nSPS) is 20.5. The van der Waals surface area contributed by atoms with Gasteiger partial charge in [-0.2, -0.15) is 0 Å². The summed E-state index contributed by atoms with van der Waals surface area (Å²) in [5.41, 5.74) is 4.13. The number of likely N-dealkylation sites (N-methyl/N-ethyl adjacent to an activating group) is 1. The Morgan fingerprint density at radius 1 is 1.33 bits per heavy atom. The molecule has 1 saturated heterocycles. The maximum atomic E-state index is 3.60. The van der Waals surface area contributed by atoms with E-state index >= 15 is 0 Å². The molecule has 0 bridgehead atoms. The highest BCUT2D eigenvalue weighted by atomic mass is 15.2. The molecule has 1 fully saturated rings. The highest BCUT2D eigenvalue weighted by molar-refractivity contribution is 5.54. The third-order valence-electron chi connectivity index (χ3n) is 3.53. The summed E-state index contributed by atoms with van der Waals surface area (Å²) in [6, 6.07) is 7.32. The van der Waals surface area contributed by atoms with Gasteiger partial charge in [0.1, 0.15) is 0 Å². The quantitative estimate of drug-likeness (QED) is 0.876. The molecular formula is C15H25N3. The van der Waals surface area contributed by atoms with Gasteiger partial charge in [-0.25, -0.2) is 0 Å². The summed E-state index contributed by atoms with van der Waals surface area (Å²) in [6.45, 7) is 8.75. The largest absolute Gasteiger partial charge is 0.368 e. The number of nitrogens with zero attached hydrogens (tertiary/aromatic N) is 2. The van der Waals surface area contributed by atoms with Gasteiger partial charge in [-0.3, -0.25) is 0 Å². The Labute approximate surface area is 111 Å². The summed E-state index contributed by atoms with van der Waals surface area (Å²) < 4.78 is 0. The lowest BCUT2D eigenvalue weighted by molar-refractivity contribution is 0.323. The van der Waals surface area contributed by atoms with E-state index in [1.165, 1.54) is 16.8 Å². The molecule has 1 aliphatic heterocycles. The molecule has 0 radical (unpaired) electrons. The Hall–Kier alpha value is -1.06. The van der Waals surface area contributed by atoms with Crippen molar-refractivity contribution >= 4 is 5.69 Å². The molecule has 1 atom stereocenters. The van der Waals surface area contributed by atoms with E-state index in [1.807, 2.05) is 0 Å². The lowest BCUT2D eigenvalue weighted by atomic mass is 10.1. The van der Waals surface area contributed by atoms with Crippen LogP contribution in [-0.4, -0.2) is 51.2 Å². The van der Waals surface area contributed by atoms with Gasteiger partial charge >= 0.3 is 0 Å². The lowest BCUT2D eigenvalue weighted by Gasteiger charge is -2.37. The number of hydrogen-bond donors (Lipinski definition) is 1. The van der Waals surface area contributed by atoms with Gasteiger partial charge in [0.2, 0.25) is 0 Å². The first kappa shape index (κ1) is 13.4. The van der Waals surface area contributed by atoms with Crippen molar-refractivity contribution in [2.75, 3.05) is 45.2 Å². The second-order valence-electron chi connectivity index (χ2n) is 5.65. The Morgan fingerprint density at radius 3 is 2.78 bits per heavy atom. The predicted molar refractivity (Wildman–Crippen MR) is 78.5 cm³/mol. The second kappa shape index (κ2) is 5.72. The maximum Gasteiger partial charge on any atom is 0.0397 e. The Morgan fingerprint density at radius 2 is 2.11 bits per heavy atom. The molecule has 0 aliphatic carbocycles. The fourth-order valence-corrected chi connectivity index (χ4v) is 2.77. The van der Waals surface area contributed by atoms with Crippen molar-refractivity contribution in [3.8, 4) is 0 Å². The second-order valence-corrected chi connectivity index (χ2v) is 5.65. The first-order chi connectivity index (χ1) is 8.56. The van der Waals surface area contributed by atoms with Crippen LogP contribution in [0.3, 0.4) is 0 Å². The molecule has 3 nitrogen and oxygen atoms in total. The van der Waals surface area contributed by atoms with Crippen molar-refractivity contribution in [3.63, 3.8) is 0 Å². The van der Waals surface area contributed by atoms with Gasteiger partial charge in [0.25, 0.3) is 0 Å². The number of hydrogen-bond acceptors (Lipinski definition) is 3. The first-order valence-corrected chi connectivity index (χ1v) is 6.76. The number of benzene rings is 1. The summed E-state index contributed by atoms with van der Waals surface area (Å²) in [5.74, 6) is 0. The van der Waals surface area contributed by atoms with Crippen molar-refractivity contribution in [1.82, 2.24) is 10.2 Å². The van der Waals surface area contributed by atoms with Crippen molar-refractivity contribution in [2.24, 2.45) is 0 Å². The SMILES string of the molecule is Cc1ccc(N2CCNC(CN(C)C)C2)c(C)c1. The minimum Gasteiger partial charge on any atom is -0.368 e. The van der Waals surface area contributed by atoms with Crippen molar-refractivity contribution in [3.05, 3.63) is 29.3 Å². The fraction of sp³-hybridized carbons (Fsp3) is 0.600. The molecule has 2 rings (SSSR count). The lowest BCUT2D eigenvalue weighted by Crippen LogP contribution is -2.54.